The SMILES string of the molecule is CC(C)c1ccc(C(C)(C)C)nc1OCC1CC1. The van der Waals surface area contributed by atoms with Gasteiger partial charge in [0.2, 0.25) is 5.88 Å². The molecule has 0 bridgehead atoms. The minimum Gasteiger partial charge on any atom is -0.477 e. The third kappa shape index (κ3) is 3.24. The first kappa shape index (κ1) is 13.4. The molecule has 0 amide bonds. The first-order valence-electron chi connectivity index (χ1n) is 7.02. The van der Waals surface area contributed by atoms with Gasteiger partial charge in [-0.2, -0.15) is 0 Å². The van der Waals surface area contributed by atoms with E-state index in [1.165, 1.54) is 18.4 Å². The highest BCUT2D eigenvalue weighted by Crippen LogP contribution is 2.32. The Morgan fingerprint density at radius 2 is 1.94 bits per heavy atom. The summed E-state index contributed by atoms with van der Waals surface area (Å²) in [5, 5.41) is 0. The van der Waals surface area contributed by atoms with Gasteiger partial charge in [0.15, 0.2) is 0 Å². The second-order valence-electron chi connectivity index (χ2n) is 6.75. The maximum Gasteiger partial charge on any atom is 0.217 e. The number of aromatic nitrogens is 1. The first-order valence-corrected chi connectivity index (χ1v) is 7.02. The summed E-state index contributed by atoms with van der Waals surface area (Å²) in [4.78, 5) is 4.74. The normalized spacial score (nSPS) is 16.1. The molecule has 1 saturated carbocycles. The fraction of sp³-hybridized carbons (Fsp3) is 0.688. The summed E-state index contributed by atoms with van der Waals surface area (Å²) < 4.78 is 5.95. The Morgan fingerprint density at radius 1 is 1.28 bits per heavy atom. The van der Waals surface area contributed by atoms with Gasteiger partial charge >= 0.3 is 0 Å². The molecule has 0 N–H and O–H groups in total. The molecule has 2 rings (SSSR count). The topological polar surface area (TPSA) is 22.1 Å². The lowest BCUT2D eigenvalue weighted by Gasteiger charge is -2.21. The highest BCUT2D eigenvalue weighted by molar-refractivity contribution is 5.33. The molecule has 2 nitrogen and oxygen atoms in total. The predicted molar refractivity (Wildman–Crippen MR) is 75.2 cm³/mol. The van der Waals surface area contributed by atoms with E-state index in [2.05, 4.69) is 46.8 Å². The zero-order chi connectivity index (χ0) is 13.3. The number of hydrogen-bond acceptors (Lipinski definition) is 2. The third-order valence-electron chi connectivity index (χ3n) is 3.43. The average Bonchev–Trinajstić information content (AvgIpc) is 3.08. The largest absolute Gasteiger partial charge is 0.477 e. The van der Waals surface area contributed by atoms with Gasteiger partial charge in [0.05, 0.1) is 6.61 Å². The Morgan fingerprint density at radius 3 is 2.44 bits per heavy atom. The molecule has 0 radical (unpaired) electrons. The molecule has 0 spiro atoms. The zero-order valence-corrected chi connectivity index (χ0v) is 12.3. The van der Waals surface area contributed by atoms with Crippen molar-refractivity contribution in [2.45, 2.75) is 58.8 Å². The van der Waals surface area contributed by atoms with Crippen LogP contribution < -0.4 is 4.74 Å². The van der Waals surface area contributed by atoms with Crippen molar-refractivity contribution < 1.29 is 4.74 Å². The lowest BCUT2D eigenvalue weighted by Crippen LogP contribution is -2.15. The zero-order valence-electron chi connectivity index (χ0n) is 12.3. The van der Waals surface area contributed by atoms with Crippen LogP contribution in [0.15, 0.2) is 12.1 Å². The number of nitrogens with zero attached hydrogens (tertiary/aromatic N) is 1. The van der Waals surface area contributed by atoms with Crippen molar-refractivity contribution in [2.75, 3.05) is 6.61 Å². The molecule has 100 valence electrons. The van der Waals surface area contributed by atoms with Crippen LogP contribution >= 0.6 is 0 Å². The van der Waals surface area contributed by atoms with E-state index < -0.39 is 0 Å². The van der Waals surface area contributed by atoms with Gasteiger partial charge in [-0.25, -0.2) is 4.98 Å². The summed E-state index contributed by atoms with van der Waals surface area (Å²) in [5.74, 6) is 2.08. The lowest BCUT2D eigenvalue weighted by molar-refractivity contribution is 0.282. The van der Waals surface area contributed by atoms with E-state index >= 15 is 0 Å². The van der Waals surface area contributed by atoms with Crippen molar-refractivity contribution in [2.24, 2.45) is 5.92 Å². The molecule has 0 aliphatic heterocycles. The number of ether oxygens (including phenoxy) is 1. The Hall–Kier alpha value is -1.05. The fourth-order valence-electron chi connectivity index (χ4n) is 1.91. The van der Waals surface area contributed by atoms with Gasteiger partial charge in [-0.15, -0.1) is 0 Å². The van der Waals surface area contributed by atoms with Crippen LogP contribution in [0.25, 0.3) is 0 Å². The predicted octanol–water partition coefficient (Wildman–Crippen LogP) is 4.29. The van der Waals surface area contributed by atoms with Crippen molar-refractivity contribution >= 4 is 0 Å². The number of pyridine rings is 1. The molecule has 18 heavy (non-hydrogen) atoms. The molecule has 1 aliphatic rings. The molecule has 0 saturated heterocycles. The molecular weight excluding hydrogens is 222 g/mol. The van der Waals surface area contributed by atoms with Gasteiger partial charge < -0.3 is 4.74 Å². The van der Waals surface area contributed by atoms with E-state index in [4.69, 9.17) is 9.72 Å². The summed E-state index contributed by atoms with van der Waals surface area (Å²) in [6.07, 6.45) is 2.63. The van der Waals surface area contributed by atoms with Crippen LogP contribution in [0.1, 0.15) is 64.6 Å². The van der Waals surface area contributed by atoms with E-state index in [9.17, 15) is 0 Å². The summed E-state index contributed by atoms with van der Waals surface area (Å²) in [6, 6.07) is 4.32. The van der Waals surface area contributed by atoms with Crippen LogP contribution in [0.2, 0.25) is 0 Å². The van der Waals surface area contributed by atoms with Crippen LogP contribution in [0.5, 0.6) is 5.88 Å². The monoisotopic (exact) mass is 247 g/mol. The van der Waals surface area contributed by atoms with Gasteiger partial charge in [-0.3, -0.25) is 0 Å². The van der Waals surface area contributed by atoms with Gasteiger partial charge in [-0.05, 0) is 30.7 Å². The Labute approximate surface area is 111 Å². The van der Waals surface area contributed by atoms with Gasteiger partial charge in [0.1, 0.15) is 0 Å². The van der Waals surface area contributed by atoms with Crippen molar-refractivity contribution in [3.05, 3.63) is 23.4 Å². The van der Waals surface area contributed by atoms with Crippen molar-refractivity contribution in [3.8, 4) is 5.88 Å². The first-order chi connectivity index (χ1) is 8.38. The molecule has 1 aromatic rings. The summed E-state index contributed by atoms with van der Waals surface area (Å²) in [7, 11) is 0. The van der Waals surface area contributed by atoms with Gasteiger partial charge in [0.25, 0.3) is 0 Å². The second kappa shape index (κ2) is 4.91. The van der Waals surface area contributed by atoms with Gasteiger partial charge in [-0.1, -0.05) is 40.7 Å². The maximum atomic E-state index is 5.95. The van der Waals surface area contributed by atoms with Crippen LogP contribution in [0.3, 0.4) is 0 Å². The third-order valence-corrected chi connectivity index (χ3v) is 3.43. The van der Waals surface area contributed by atoms with Crippen molar-refractivity contribution in [1.82, 2.24) is 4.98 Å². The second-order valence-corrected chi connectivity index (χ2v) is 6.75. The Kier molecular flexibility index (Phi) is 3.65. The quantitative estimate of drug-likeness (QED) is 0.791. The Balaban J connectivity index is 2.24. The molecular formula is C16H25NO. The summed E-state index contributed by atoms with van der Waals surface area (Å²) in [5.41, 5.74) is 2.41. The number of hydrogen-bond donors (Lipinski definition) is 0. The van der Waals surface area contributed by atoms with Crippen LogP contribution in [0, 0.1) is 5.92 Å². The van der Waals surface area contributed by atoms with Crippen LogP contribution in [-0.2, 0) is 5.41 Å². The van der Waals surface area contributed by atoms with E-state index in [1.54, 1.807) is 0 Å². The van der Waals surface area contributed by atoms with Crippen LogP contribution in [0.4, 0.5) is 0 Å². The van der Waals surface area contributed by atoms with E-state index in [0.29, 0.717) is 5.92 Å². The summed E-state index contributed by atoms with van der Waals surface area (Å²) in [6.45, 7) is 11.8. The number of rotatable bonds is 4. The molecule has 1 aromatic heterocycles. The van der Waals surface area contributed by atoms with Gasteiger partial charge in [0, 0.05) is 16.7 Å². The lowest BCUT2D eigenvalue weighted by atomic mass is 9.90. The Bertz CT molecular complexity index is 414. The highest BCUT2D eigenvalue weighted by Gasteiger charge is 2.24. The molecule has 2 heteroatoms. The van der Waals surface area contributed by atoms with E-state index in [0.717, 1.165) is 24.1 Å². The van der Waals surface area contributed by atoms with Crippen molar-refractivity contribution in [3.63, 3.8) is 0 Å². The van der Waals surface area contributed by atoms with E-state index in [-0.39, 0.29) is 5.41 Å². The summed E-state index contributed by atoms with van der Waals surface area (Å²) >= 11 is 0. The molecule has 0 unspecified atom stereocenters. The minimum atomic E-state index is 0.0766. The fourth-order valence-corrected chi connectivity index (χ4v) is 1.91. The van der Waals surface area contributed by atoms with Crippen LogP contribution in [-0.4, -0.2) is 11.6 Å². The molecule has 1 fully saturated rings. The molecule has 1 aliphatic carbocycles. The average molecular weight is 247 g/mol. The highest BCUT2D eigenvalue weighted by atomic mass is 16.5. The molecule has 0 atom stereocenters. The standard InChI is InChI=1S/C16H25NO/c1-11(2)13-8-9-14(16(3,4)5)17-15(13)18-10-12-6-7-12/h8-9,11-12H,6-7,10H2,1-5H3. The minimum absolute atomic E-state index is 0.0766. The van der Waals surface area contributed by atoms with Crippen molar-refractivity contribution in [1.29, 1.82) is 0 Å². The maximum absolute atomic E-state index is 5.95. The van der Waals surface area contributed by atoms with E-state index in [1.807, 2.05) is 0 Å². The molecule has 0 aromatic carbocycles. The smallest absolute Gasteiger partial charge is 0.217 e. The molecule has 1 heterocycles.